The number of hydrogen-bond acceptors (Lipinski definition) is 6. The summed E-state index contributed by atoms with van der Waals surface area (Å²) >= 11 is 3.68. The van der Waals surface area contributed by atoms with Gasteiger partial charge in [0.2, 0.25) is 0 Å². The fourth-order valence-corrected chi connectivity index (χ4v) is 9.70. The van der Waals surface area contributed by atoms with Crippen molar-refractivity contribution in [1.29, 1.82) is 0 Å². The van der Waals surface area contributed by atoms with Crippen LogP contribution >= 0.6 is 15.9 Å². The van der Waals surface area contributed by atoms with Gasteiger partial charge in [-0.05, 0) is 139 Å². The van der Waals surface area contributed by atoms with E-state index in [0.717, 1.165) is 5.46 Å². The molecular formula is C48H62B3BrO6. The van der Waals surface area contributed by atoms with Gasteiger partial charge in [-0.2, -0.15) is 0 Å². The zero-order valence-corrected chi connectivity index (χ0v) is 39.2. The van der Waals surface area contributed by atoms with E-state index < -0.39 is 14.0 Å². The average molecular weight is 847 g/mol. The lowest BCUT2D eigenvalue weighted by Crippen LogP contribution is -2.41. The Labute approximate surface area is 358 Å². The van der Waals surface area contributed by atoms with Gasteiger partial charge < -0.3 is 27.9 Å². The van der Waals surface area contributed by atoms with Crippen LogP contribution in [0.15, 0.2) is 89.4 Å². The number of rotatable bonds is 2. The van der Waals surface area contributed by atoms with Crippen molar-refractivity contribution in [3.63, 3.8) is 0 Å². The Balaban J connectivity index is 0.000000136. The molecule has 4 aromatic carbocycles. The van der Waals surface area contributed by atoms with Crippen LogP contribution in [0.3, 0.4) is 0 Å². The van der Waals surface area contributed by atoms with Crippen LogP contribution in [-0.2, 0) is 38.8 Å². The molecule has 2 aliphatic carbocycles. The number of halogens is 1. The minimum Gasteiger partial charge on any atom is -0.405 e. The quantitative estimate of drug-likeness (QED) is 0.187. The molecule has 9 rings (SSSR count). The minimum atomic E-state index is -0.476. The Bertz CT molecular complexity index is 2140. The first-order valence-corrected chi connectivity index (χ1v) is 21.6. The fraction of sp³-hybridized carbons (Fsp3) is 0.500. The van der Waals surface area contributed by atoms with Gasteiger partial charge in [-0.1, -0.05) is 122 Å². The van der Waals surface area contributed by atoms with Gasteiger partial charge in [0.05, 0.1) is 33.6 Å². The summed E-state index contributed by atoms with van der Waals surface area (Å²) in [7, 11) is -1.27. The molecule has 0 bridgehead atoms. The highest BCUT2D eigenvalue weighted by atomic mass is 79.9. The standard InChI is InChI=1S/C21H25BO2.C15H13Br.C12H24B2O4/c1-19(2)16-12-8-7-10-14(16)15-11-9-13-17(18(15)19)22-23-20(3,4)21(5,6)24-22;1-15(2)12-8-4-3-6-10(12)11-7-5-9-13(16)14(11)15;1-9(2)10(3,4)16-13(15-9)14-17-11(5,6)12(7,8)18-14/h7-13H,1-6H3;3-9H,1-2H3;1-8H3. The molecule has 0 spiro atoms. The van der Waals surface area contributed by atoms with E-state index in [4.69, 9.17) is 27.9 Å². The van der Waals surface area contributed by atoms with Crippen molar-refractivity contribution in [2.24, 2.45) is 0 Å². The molecule has 0 radical (unpaired) electrons. The summed E-state index contributed by atoms with van der Waals surface area (Å²) < 4.78 is 37.8. The van der Waals surface area contributed by atoms with E-state index in [9.17, 15) is 0 Å². The Morgan fingerprint density at radius 3 is 1.12 bits per heavy atom. The van der Waals surface area contributed by atoms with Gasteiger partial charge in [-0.3, -0.25) is 0 Å². The summed E-state index contributed by atoms with van der Waals surface area (Å²) in [4.78, 5) is 0. The number of fused-ring (bicyclic) bond motifs is 6. The van der Waals surface area contributed by atoms with Crippen molar-refractivity contribution in [3.8, 4) is 22.3 Å². The lowest BCUT2D eigenvalue weighted by Gasteiger charge is -2.32. The van der Waals surface area contributed by atoms with Gasteiger partial charge in [0, 0.05) is 15.3 Å². The van der Waals surface area contributed by atoms with E-state index in [0.29, 0.717) is 0 Å². The highest BCUT2D eigenvalue weighted by Crippen LogP contribution is 2.52. The van der Waals surface area contributed by atoms with E-state index >= 15 is 0 Å². The Hall–Kier alpha value is -2.69. The first-order valence-electron chi connectivity index (χ1n) is 20.8. The van der Waals surface area contributed by atoms with Crippen molar-refractivity contribution in [2.75, 3.05) is 0 Å². The molecule has 306 valence electrons. The van der Waals surface area contributed by atoms with Crippen LogP contribution in [-0.4, -0.2) is 54.7 Å². The minimum absolute atomic E-state index is 0.0495. The van der Waals surface area contributed by atoms with Crippen molar-refractivity contribution in [2.45, 2.75) is 155 Å². The van der Waals surface area contributed by atoms with Gasteiger partial charge in [-0.15, -0.1) is 0 Å². The van der Waals surface area contributed by atoms with Crippen LogP contribution < -0.4 is 5.46 Å². The third kappa shape index (κ3) is 7.01. The summed E-state index contributed by atoms with van der Waals surface area (Å²) in [5, 5.41) is 0. The third-order valence-corrected chi connectivity index (χ3v) is 15.1. The monoisotopic (exact) mass is 846 g/mol. The SMILES string of the molecule is CC1(C)OB(B2OC(C)(C)C(C)(C)O2)OC1(C)C.CC1(C)c2ccccc2-c2cccc(B3OC(C)(C)C(C)(C)O3)c21.CC1(C)c2ccccc2-c2cccc(Br)c21. The van der Waals surface area contributed by atoms with E-state index in [1.165, 1.54) is 49.0 Å². The molecule has 58 heavy (non-hydrogen) atoms. The predicted molar refractivity (Wildman–Crippen MR) is 244 cm³/mol. The summed E-state index contributed by atoms with van der Waals surface area (Å²) in [5.41, 5.74) is 10.1. The zero-order valence-electron chi connectivity index (χ0n) is 37.6. The number of hydrogen-bond donors (Lipinski definition) is 0. The molecule has 0 saturated carbocycles. The van der Waals surface area contributed by atoms with Crippen LogP contribution in [0.1, 0.15) is 133 Å². The highest BCUT2D eigenvalue weighted by molar-refractivity contribution is 9.10. The summed E-state index contributed by atoms with van der Waals surface area (Å²) in [6.07, 6.45) is 0. The number of benzene rings is 4. The molecule has 6 nitrogen and oxygen atoms in total. The zero-order chi connectivity index (χ0) is 42.6. The first-order chi connectivity index (χ1) is 26.7. The van der Waals surface area contributed by atoms with Gasteiger partial charge in [-0.25, -0.2) is 0 Å². The van der Waals surface area contributed by atoms with Crippen molar-refractivity contribution >= 4 is 42.5 Å². The van der Waals surface area contributed by atoms with Crippen LogP contribution in [0.5, 0.6) is 0 Å². The molecule has 5 aliphatic rings. The molecule has 3 aliphatic heterocycles. The van der Waals surface area contributed by atoms with Gasteiger partial charge in [0.15, 0.2) is 0 Å². The molecule has 4 aromatic rings. The van der Waals surface area contributed by atoms with Crippen LogP contribution in [0.4, 0.5) is 0 Å². The van der Waals surface area contributed by atoms with Crippen molar-refractivity contribution in [3.05, 3.63) is 112 Å². The maximum atomic E-state index is 6.35. The highest BCUT2D eigenvalue weighted by Gasteiger charge is 2.64. The Morgan fingerprint density at radius 1 is 0.362 bits per heavy atom. The van der Waals surface area contributed by atoms with Gasteiger partial charge >= 0.3 is 21.1 Å². The second-order valence-corrected chi connectivity index (χ2v) is 21.5. The predicted octanol–water partition coefficient (Wildman–Crippen LogP) is 11.3. The summed E-state index contributed by atoms with van der Waals surface area (Å²) in [5.74, 6) is 0. The van der Waals surface area contributed by atoms with Crippen molar-refractivity contribution < 1.29 is 27.9 Å². The third-order valence-electron chi connectivity index (χ3n) is 14.4. The molecule has 3 saturated heterocycles. The topological polar surface area (TPSA) is 55.4 Å². The maximum absolute atomic E-state index is 6.35. The molecule has 3 heterocycles. The molecule has 3 fully saturated rings. The smallest absolute Gasteiger partial charge is 0.405 e. The molecule has 0 aromatic heterocycles. The second kappa shape index (κ2) is 14.2. The van der Waals surface area contributed by atoms with E-state index in [1.807, 2.05) is 55.4 Å². The van der Waals surface area contributed by atoms with Gasteiger partial charge in [0.1, 0.15) is 0 Å². The van der Waals surface area contributed by atoms with Crippen LogP contribution in [0.2, 0.25) is 0 Å². The largest absolute Gasteiger partial charge is 0.495 e. The molecule has 0 N–H and O–H groups in total. The van der Waals surface area contributed by atoms with Gasteiger partial charge in [0.25, 0.3) is 0 Å². The normalized spacial score (nSPS) is 23.5. The molecule has 0 unspecified atom stereocenters. The summed E-state index contributed by atoms with van der Waals surface area (Å²) in [6.45, 7) is 33.8. The van der Waals surface area contributed by atoms with E-state index in [2.05, 4.69) is 156 Å². The van der Waals surface area contributed by atoms with E-state index in [-0.39, 0.29) is 51.6 Å². The summed E-state index contributed by atoms with van der Waals surface area (Å²) in [6, 6.07) is 30.4. The molecule has 10 heteroatoms. The van der Waals surface area contributed by atoms with Crippen LogP contribution in [0, 0.1) is 0 Å². The molecular weight excluding hydrogens is 785 g/mol. The lowest BCUT2D eigenvalue weighted by atomic mass is 9.49. The molecule has 0 amide bonds. The fourth-order valence-electron chi connectivity index (χ4n) is 8.84. The average Bonchev–Trinajstić information content (AvgIpc) is 3.76. The van der Waals surface area contributed by atoms with Crippen molar-refractivity contribution in [1.82, 2.24) is 0 Å². The molecule has 0 atom stereocenters. The Kier molecular flexibility index (Phi) is 10.6. The van der Waals surface area contributed by atoms with Crippen LogP contribution in [0.25, 0.3) is 22.3 Å². The second-order valence-electron chi connectivity index (χ2n) is 20.6. The Morgan fingerprint density at radius 2 is 0.690 bits per heavy atom. The maximum Gasteiger partial charge on any atom is 0.495 e. The van der Waals surface area contributed by atoms with E-state index in [1.54, 1.807) is 0 Å². The lowest BCUT2D eigenvalue weighted by molar-refractivity contribution is 0.00578. The first kappa shape index (κ1) is 43.4.